The van der Waals surface area contributed by atoms with Gasteiger partial charge in [0.15, 0.2) is 0 Å². The van der Waals surface area contributed by atoms with Crippen molar-refractivity contribution < 1.29 is 23.1 Å². The van der Waals surface area contributed by atoms with Crippen molar-refractivity contribution in [2.24, 2.45) is 0 Å². The van der Waals surface area contributed by atoms with Gasteiger partial charge in [-0.3, -0.25) is 9.59 Å². The molecule has 1 aliphatic rings. The summed E-state index contributed by atoms with van der Waals surface area (Å²) < 4.78 is 33.9. The number of fused-ring (bicyclic) bond motifs is 1. The molecule has 1 N–H and O–H groups in total. The minimum absolute atomic E-state index is 0.0923. The van der Waals surface area contributed by atoms with Crippen molar-refractivity contribution in [3.05, 3.63) is 46.7 Å². The van der Waals surface area contributed by atoms with Gasteiger partial charge in [0.05, 0.1) is 23.3 Å². The highest BCUT2D eigenvalue weighted by Gasteiger charge is 2.32. The number of nitrogens with one attached hydrogen (secondary N) is 1. The van der Waals surface area contributed by atoms with Crippen molar-refractivity contribution in [3.8, 4) is 0 Å². The molecule has 1 amide bonds. The minimum Gasteiger partial charge on any atom is -0.465 e. The summed E-state index contributed by atoms with van der Waals surface area (Å²) >= 11 is 1.22. The second kappa shape index (κ2) is 7.45. The second-order valence-electron chi connectivity index (χ2n) is 5.72. The van der Waals surface area contributed by atoms with Crippen LogP contribution in [0.5, 0.6) is 0 Å². The average molecular weight is 381 g/mol. The molecule has 0 saturated heterocycles. The van der Waals surface area contributed by atoms with Crippen LogP contribution in [0.2, 0.25) is 0 Å². The molecule has 0 fully saturated rings. The first-order chi connectivity index (χ1) is 12.4. The van der Waals surface area contributed by atoms with Gasteiger partial charge < -0.3 is 10.1 Å². The number of aromatic nitrogens is 2. The Labute approximate surface area is 152 Å². The Kier molecular flexibility index (Phi) is 5.26. The second-order valence-corrected chi connectivity index (χ2v) is 6.81. The number of thioether (sulfide) groups is 1. The SMILES string of the molecule is CCOC(=O)Cn1nc(C)c2c1NC(=O)CS[C@H]2c1ccc(F)cc1F. The zero-order valence-electron chi connectivity index (χ0n) is 14.2. The van der Waals surface area contributed by atoms with Gasteiger partial charge in [-0.2, -0.15) is 5.10 Å². The number of hydrogen-bond donors (Lipinski definition) is 1. The lowest BCUT2D eigenvalue weighted by Gasteiger charge is -2.16. The third kappa shape index (κ3) is 3.57. The van der Waals surface area contributed by atoms with E-state index in [9.17, 15) is 18.4 Å². The number of aryl methyl sites for hydroxylation is 1. The first kappa shape index (κ1) is 18.4. The highest BCUT2D eigenvalue weighted by Crippen LogP contribution is 2.44. The predicted molar refractivity (Wildman–Crippen MR) is 92.9 cm³/mol. The minimum atomic E-state index is -0.694. The summed E-state index contributed by atoms with van der Waals surface area (Å²) in [5.74, 6) is -1.72. The lowest BCUT2D eigenvalue weighted by Crippen LogP contribution is -2.20. The van der Waals surface area contributed by atoms with E-state index < -0.39 is 22.9 Å². The maximum Gasteiger partial charge on any atom is 0.327 e. The third-order valence-electron chi connectivity index (χ3n) is 3.90. The van der Waals surface area contributed by atoms with E-state index in [1.54, 1.807) is 13.8 Å². The van der Waals surface area contributed by atoms with Crippen LogP contribution in [-0.2, 0) is 20.9 Å². The molecule has 0 radical (unpaired) electrons. The Morgan fingerprint density at radius 2 is 2.23 bits per heavy atom. The average Bonchev–Trinajstić information content (AvgIpc) is 2.75. The van der Waals surface area contributed by atoms with E-state index in [-0.39, 0.29) is 30.4 Å². The summed E-state index contributed by atoms with van der Waals surface area (Å²) in [7, 11) is 0. The van der Waals surface area contributed by atoms with Crippen molar-refractivity contribution >= 4 is 29.5 Å². The first-order valence-electron chi connectivity index (χ1n) is 8.00. The number of halogens is 2. The quantitative estimate of drug-likeness (QED) is 0.825. The molecule has 0 spiro atoms. The maximum absolute atomic E-state index is 14.3. The molecule has 6 nitrogen and oxygen atoms in total. The van der Waals surface area contributed by atoms with Gasteiger partial charge in [-0.15, -0.1) is 11.8 Å². The monoisotopic (exact) mass is 381 g/mol. The van der Waals surface area contributed by atoms with Crippen LogP contribution in [0.1, 0.15) is 29.0 Å². The number of hydrogen-bond acceptors (Lipinski definition) is 5. The Morgan fingerprint density at radius 3 is 2.92 bits per heavy atom. The van der Waals surface area contributed by atoms with Crippen molar-refractivity contribution in [3.63, 3.8) is 0 Å². The number of carbonyl (C=O) groups excluding carboxylic acids is 2. The number of carbonyl (C=O) groups is 2. The lowest BCUT2D eigenvalue weighted by atomic mass is 10.0. The van der Waals surface area contributed by atoms with Gasteiger partial charge >= 0.3 is 5.97 Å². The van der Waals surface area contributed by atoms with Crippen LogP contribution < -0.4 is 5.32 Å². The van der Waals surface area contributed by atoms with Gasteiger partial charge in [-0.1, -0.05) is 6.07 Å². The Bertz CT molecular complexity index is 869. The highest BCUT2D eigenvalue weighted by atomic mass is 32.2. The van der Waals surface area contributed by atoms with Crippen LogP contribution >= 0.6 is 11.8 Å². The van der Waals surface area contributed by atoms with Gasteiger partial charge in [0.2, 0.25) is 5.91 Å². The lowest BCUT2D eigenvalue weighted by molar-refractivity contribution is -0.144. The first-order valence-corrected chi connectivity index (χ1v) is 9.05. The van der Waals surface area contributed by atoms with E-state index in [1.165, 1.54) is 28.6 Å². The molecule has 0 bridgehead atoms. The van der Waals surface area contributed by atoms with Crippen molar-refractivity contribution in [1.29, 1.82) is 0 Å². The Balaban J connectivity index is 2.07. The van der Waals surface area contributed by atoms with Crippen molar-refractivity contribution in [1.82, 2.24) is 9.78 Å². The van der Waals surface area contributed by atoms with Crippen LogP contribution in [0.4, 0.5) is 14.6 Å². The molecular formula is C17H17F2N3O3S. The van der Waals surface area contributed by atoms with E-state index in [1.807, 2.05) is 0 Å². The Morgan fingerprint density at radius 1 is 1.46 bits per heavy atom. The van der Waals surface area contributed by atoms with Gasteiger partial charge in [0, 0.05) is 17.2 Å². The van der Waals surface area contributed by atoms with Gasteiger partial charge in [0.1, 0.15) is 24.0 Å². The fourth-order valence-electron chi connectivity index (χ4n) is 2.85. The molecule has 0 unspecified atom stereocenters. The molecule has 2 heterocycles. The fourth-order valence-corrected chi connectivity index (χ4v) is 4.06. The van der Waals surface area contributed by atoms with Crippen LogP contribution in [0, 0.1) is 18.6 Å². The molecule has 0 aliphatic carbocycles. The van der Waals surface area contributed by atoms with Crippen LogP contribution in [-0.4, -0.2) is 34.0 Å². The molecule has 2 aromatic rings. The number of nitrogens with zero attached hydrogens (tertiary/aromatic N) is 2. The number of anilines is 1. The fraction of sp³-hybridized carbons (Fsp3) is 0.353. The molecular weight excluding hydrogens is 364 g/mol. The van der Waals surface area contributed by atoms with E-state index in [0.717, 1.165) is 6.07 Å². The number of benzene rings is 1. The molecule has 26 heavy (non-hydrogen) atoms. The van der Waals surface area contributed by atoms with Gasteiger partial charge in [-0.05, 0) is 19.9 Å². The zero-order valence-corrected chi connectivity index (χ0v) is 15.0. The van der Waals surface area contributed by atoms with E-state index in [4.69, 9.17) is 4.74 Å². The van der Waals surface area contributed by atoms with Gasteiger partial charge in [-0.25, -0.2) is 13.5 Å². The number of esters is 1. The molecule has 1 aromatic carbocycles. The van der Waals surface area contributed by atoms with E-state index in [0.29, 0.717) is 17.1 Å². The summed E-state index contributed by atoms with van der Waals surface area (Å²) in [5.41, 5.74) is 1.40. The number of ether oxygens (including phenoxy) is 1. The standard InChI is InChI=1S/C17H17F2N3O3S/c1-3-25-14(24)7-22-17-15(9(2)21-22)16(26-8-13(23)20-17)11-5-4-10(18)6-12(11)19/h4-6,16H,3,7-8H2,1-2H3,(H,20,23)/t16-/m0/s1. The van der Waals surface area contributed by atoms with Crippen LogP contribution in [0.25, 0.3) is 0 Å². The molecule has 9 heteroatoms. The molecule has 3 rings (SSSR count). The van der Waals surface area contributed by atoms with Crippen LogP contribution in [0.3, 0.4) is 0 Å². The summed E-state index contributed by atoms with van der Waals surface area (Å²) in [5, 5.41) is 6.48. The molecule has 1 aromatic heterocycles. The smallest absolute Gasteiger partial charge is 0.327 e. The summed E-state index contributed by atoms with van der Waals surface area (Å²) in [6, 6.07) is 3.36. The third-order valence-corrected chi connectivity index (χ3v) is 5.16. The zero-order chi connectivity index (χ0) is 18.8. The van der Waals surface area contributed by atoms with E-state index >= 15 is 0 Å². The topological polar surface area (TPSA) is 73.2 Å². The van der Waals surface area contributed by atoms with Gasteiger partial charge in [0.25, 0.3) is 0 Å². The molecule has 0 saturated carbocycles. The summed E-state index contributed by atoms with van der Waals surface area (Å²) in [6.07, 6.45) is 0. The number of amides is 1. The summed E-state index contributed by atoms with van der Waals surface area (Å²) in [4.78, 5) is 23.9. The molecule has 138 valence electrons. The van der Waals surface area contributed by atoms with Crippen molar-refractivity contribution in [2.75, 3.05) is 17.7 Å². The Hall–Kier alpha value is -2.42. The largest absolute Gasteiger partial charge is 0.465 e. The molecule has 1 aliphatic heterocycles. The maximum atomic E-state index is 14.3. The predicted octanol–water partition coefficient (Wildman–Crippen LogP) is 2.81. The number of rotatable bonds is 4. The summed E-state index contributed by atoms with van der Waals surface area (Å²) in [6.45, 7) is 3.46. The van der Waals surface area contributed by atoms with E-state index in [2.05, 4.69) is 10.4 Å². The highest BCUT2D eigenvalue weighted by molar-refractivity contribution is 8.00. The molecule has 1 atom stereocenters. The normalized spacial score (nSPS) is 16.6. The van der Waals surface area contributed by atoms with Crippen LogP contribution in [0.15, 0.2) is 18.2 Å². The van der Waals surface area contributed by atoms with Crippen molar-refractivity contribution in [2.45, 2.75) is 25.6 Å².